The highest BCUT2D eigenvalue weighted by atomic mass is 35.5. The Morgan fingerprint density at radius 1 is 1.31 bits per heavy atom. The van der Waals surface area contributed by atoms with Crippen LogP contribution in [0.5, 0.6) is 0 Å². The fraction of sp³-hybridized carbons (Fsp3) is 0.545. The van der Waals surface area contributed by atoms with Gasteiger partial charge in [0, 0.05) is 26.6 Å². The molecule has 2 unspecified atom stereocenters. The van der Waals surface area contributed by atoms with Crippen molar-refractivity contribution in [3.05, 3.63) is 35.9 Å². The summed E-state index contributed by atoms with van der Waals surface area (Å²) in [5.74, 6) is -1.29. The summed E-state index contributed by atoms with van der Waals surface area (Å²) < 4.78 is 5.94. The quantitative estimate of drug-likeness (QED) is 0.620. The van der Waals surface area contributed by atoms with E-state index in [9.17, 15) is 14.4 Å². The SMILES string of the molecule is CC(OCc1ccccc1)[C@@H](NC(=O)C(C)(C)N)C(=O)N1CCC2=NN(C)C(=O)C2C1.Cl. The largest absolute Gasteiger partial charge is 0.371 e. The lowest BCUT2D eigenvalue weighted by molar-refractivity contribution is -0.143. The molecule has 3 N–H and O–H groups in total. The second-order valence-corrected chi connectivity index (χ2v) is 8.71. The predicted octanol–water partition coefficient (Wildman–Crippen LogP) is 0.912. The van der Waals surface area contributed by atoms with Crippen molar-refractivity contribution in [2.24, 2.45) is 16.8 Å². The lowest BCUT2D eigenvalue weighted by Crippen LogP contribution is -2.61. The molecular formula is C22H32ClN5O4. The van der Waals surface area contributed by atoms with E-state index in [0.717, 1.165) is 11.3 Å². The number of nitrogens with two attached hydrogens (primary N) is 1. The Kier molecular flexibility index (Phi) is 8.39. The Bertz CT molecular complexity index is 871. The van der Waals surface area contributed by atoms with Crippen LogP contribution in [-0.2, 0) is 25.7 Å². The first-order valence-corrected chi connectivity index (χ1v) is 10.5. The third kappa shape index (κ3) is 5.85. The van der Waals surface area contributed by atoms with E-state index in [4.69, 9.17) is 10.5 Å². The van der Waals surface area contributed by atoms with Gasteiger partial charge < -0.3 is 20.7 Å². The maximum Gasteiger partial charge on any atom is 0.253 e. The first-order chi connectivity index (χ1) is 14.6. The van der Waals surface area contributed by atoms with Gasteiger partial charge in [-0.2, -0.15) is 5.10 Å². The van der Waals surface area contributed by atoms with Gasteiger partial charge in [0.05, 0.1) is 29.9 Å². The van der Waals surface area contributed by atoms with E-state index in [0.29, 0.717) is 19.6 Å². The summed E-state index contributed by atoms with van der Waals surface area (Å²) in [7, 11) is 1.62. The van der Waals surface area contributed by atoms with E-state index in [1.165, 1.54) is 5.01 Å². The molecule has 3 rings (SSSR count). The number of hydrogen-bond acceptors (Lipinski definition) is 6. The van der Waals surface area contributed by atoms with Gasteiger partial charge in [-0.05, 0) is 26.3 Å². The molecule has 2 aliphatic heterocycles. The van der Waals surface area contributed by atoms with Crippen molar-refractivity contribution in [1.82, 2.24) is 15.2 Å². The van der Waals surface area contributed by atoms with Crippen molar-refractivity contribution in [2.45, 2.75) is 51.5 Å². The molecule has 0 aliphatic carbocycles. The van der Waals surface area contributed by atoms with E-state index >= 15 is 0 Å². The standard InChI is InChI=1S/C22H31N5O4.ClH/c1-14(31-13-15-8-6-5-7-9-15)18(24-21(30)22(2,3)23)20(29)27-11-10-17-16(12-27)19(28)26(4)25-17;/h5-9,14,16,18H,10-13,23H2,1-4H3,(H,24,30);1H/t14?,16?,18-;/m1./s1. The number of amides is 3. The average molecular weight is 466 g/mol. The third-order valence-electron chi connectivity index (χ3n) is 5.61. The zero-order valence-electron chi connectivity index (χ0n) is 18.9. The molecule has 0 bridgehead atoms. The van der Waals surface area contributed by atoms with Gasteiger partial charge in [-0.3, -0.25) is 14.4 Å². The minimum absolute atomic E-state index is 0. The highest BCUT2D eigenvalue weighted by Gasteiger charge is 2.42. The first kappa shape index (κ1) is 25.8. The van der Waals surface area contributed by atoms with Crippen LogP contribution in [0.1, 0.15) is 32.8 Å². The minimum Gasteiger partial charge on any atom is -0.371 e. The van der Waals surface area contributed by atoms with Gasteiger partial charge >= 0.3 is 0 Å². The summed E-state index contributed by atoms with van der Waals surface area (Å²) in [6.07, 6.45) is -0.0783. The van der Waals surface area contributed by atoms with Crippen LogP contribution in [0, 0.1) is 5.92 Å². The van der Waals surface area contributed by atoms with Crippen LogP contribution < -0.4 is 11.1 Å². The number of rotatable bonds is 7. The maximum atomic E-state index is 13.4. The summed E-state index contributed by atoms with van der Waals surface area (Å²) in [5, 5.41) is 8.35. The van der Waals surface area contributed by atoms with E-state index in [-0.39, 0.29) is 30.8 Å². The number of benzene rings is 1. The summed E-state index contributed by atoms with van der Waals surface area (Å²) in [5.41, 5.74) is 6.54. The first-order valence-electron chi connectivity index (χ1n) is 10.5. The Labute approximate surface area is 194 Å². The second-order valence-electron chi connectivity index (χ2n) is 8.71. The van der Waals surface area contributed by atoms with Crippen LogP contribution in [0.3, 0.4) is 0 Å². The summed E-state index contributed by atoms with van der Waals surface area (Å²) >= 11 is 0. The van der Waals surface area contributed by atoms with Gasteiger partial charge in [-0.25, -0.2) is 5.01 Å². The molecule has 32 heavy (non-hydrogen) atoms. The van der Waals surface area contributed by atoms with Crippen molar-refractivity contribution in [3.8, 4) is 0 Å². The minimum atomic E-state index is -1.15. The lowest BCUT2D eigenvalue weighted by atomic mass is 9.94. The second kappa shape index (κ2) is 10.4. The molecule has 1 fully saturated rings. The summed E-state index contributed by atoms with van der Waals surface area (Å²) in [4.78, 5) is 39.9. The topological polar surface area (TPSA) is 117 Å². The van der Waals surface area contributed by atoms with Crippen LogP contribution >= 0.6 is 12.4 Å². The van der Waals surface area contributed by atoms with Crippen molar-refractivity contribution >= 4 is 35.8 Å². The molecule has 10 heteroatoms. The van der Waals surface area contributed by atoms with Gasteiger partial charge in [0.2, 0.25) is 11.8 Å². The fourth-order valence-corrected chi connectivity index (χ4v) is 3.65. The molecule has 3 atom stereocenters. The van der Waals surface area contributed by atoms with E-state index in [2.05, 4.69) is 10.4 Å². The number of nitrogens with one attached hydrogen (secondary N) is 1. The van der Waals surface area contributed by atoms with Crippen molar-refractivity contribution in [2.75, 3.05) is 20.1 Å². The van der Waals surface area contributed by atoms with Crippen molar-refractivity contribution in [3.63, 3.8) is 0 Å². The molecule has 0 saturated carbocycles. The summed E-state index contributed by atoms with van der Waals surface area (Å²) in [6, 6.07) is 8.67. The molecule has 9 nitrogen and oxygen atoms in total. The number of nitrogens with zero attached hydrogens (tertiary/aromatic N) is 3. The van der Waals surface area contributed by atoms with Crippen LogP contribution in [0.15, 0.2) is 35.4 Å². The molecule has 0 radical (unpaired) electrons. The van der Waals surface area contributed by atoms with Crippen LogP contribution in [0.2, 0.25) is 0 Å². The molecule has 0 spiro atoms. The zero-order chi connectivity index (χ0) is 22.8. The Hall–Kier alpha value is -2.49. The molecule has 1 aromatic rings. The Balaban J connectivity index is 0.00000363. The number of hydrogen-bond donors (Lipinski definition) is 2. The van der Waals surface area contributed by atoms with Crippen molar-refractivity contribution < 1.29 is 19.1 Å². The molecule has 3 amide bonds. The Morgan fingerprint density at radius 3 is 2.59 bits per heavy atom. The van der Waals surface area contributed by atoms with E-state index in [1.54, 1.807) is 32.7 Å². The monoisotopic (exact) mass is 465 g/mol. The van der Waals surface area contributed by atoms with Crippen LogP contribution in [-0.4, -0.2) is 71.2 Å². The number of ether oxygens (including phenoxy) is 1. The normalized spacial score (nSPS) is 20.1. The molecule has 2 heterocycles. The third-order valence-corrected chi connectivity index (χ3v) is 5.61. The molecule has 2 aliphatic rings. The number of hydrazone groups is 1. The van der Waals surface area contributed by atoms with Gasteiger partial charge in [-0.15, -0.1) is 12.4 Å². The number of likely N-dealkylation sites (tertiary alicyclic amines) is 1. The Morgan fingerprint density at radius 2 is 1.97 bits per heavy atom. The maximum absolute atomic E-state index is 13.4. The number of piperidine rings is 1. The highest BCUT2D eigenvalue weighted by Crippen LogP contribution is 2.23. The zero-order valence-corrected chi connectivity index (χ0v) is 19.7. The van der Waals surface area contributed by atoms with Gasteiger partial charge in [0.15, 0.2) is 0 Å². The number of fused-ring (bicyclic) bond motifs is 1. The fourth-order valence-electron chi connectivity index (χ4n) is 3.65. The van der Waals surface area contributed by atoms with Gasteiger partial charge in [0.25, 0.3) is 5.91 Å². The van der Waals surface area contributed by atoms with Crippen LogP contribution in [0.25, 0.3) is 0 Å². The number of carbonyl (C=O) groups is 3. The highest BCUT2D eigenvalue weighted by molar-refractivity contribution is 6.09. The number of carbonyl (C=O) groups excluding carboxylic acids is 3. The molecule has 1 saturated heterocycles. The average Bonchev–Trinajstić information content (AvgIpc) is 3.02. The van der Waals surface area contributed by atoms with Gasteiger partial charge in [0.1, 0.15) is 6.04 Å². The molecule has 1 aromatic carbocycles. The number of halogens is 1. The van der Waals surface area contributed by atoms with Gasteiger partial charge in [-0.1, -0.05) is 30.3 Å². The summed E-state index contributed by atoms with van der Waals surface area (Å²) in [6.45, 7) is 5.88. The van der Waals surface area contributed by atoms with Crippen molar-refractivity contribution in [1.29, 1.82) is 0 Å². The smallest absolute Gasteiger partial charge is 0.253 e. The molecule has 0 aromatic heterocycles. The van der Waals surface area contributed by atoms with E-state index in [1.807, 2.05) is 30.3 Å². The molecular weight excluding hydrogens is 434 g/mol. The van der Waals surface area contributed by atoms with Crippen LogP contribution in [0.4, 0.5) is 0 Å². The molecule has 176 valence electrons. The van der Waals surface area contributed by atoms with E-state index < -0.39 is 29.5 Å². The predicted molar refractivity (Wildman–Crippen MR) is 123 cm³/mol. The lowest BCUT2D eigenvalue weighted by Gasteiger charge is -2.35.